The van der Waals surface area contributed by atoms with E-state index < -0.39 is 0 Å². The lowest BCUT2D eigenvalue weighted by molar-refractivity contribution is -0.345. The van der Waals surface area contributed by atoms with Crippen LogP contribution in [0.3, 0.4) is 0 Å². The molecule has 0 bridgehead atoms. The summed E-state index contributed by atoms with van der Waals surface area (Å²) in [6, 6.07) is 14.4. The minimum absolute atomic E-state index is 0.914. The lowest BCUT2D eigenvalue weighted by atomic mass is 9.92. The van der Waals surface area contributed by atoms with Crippen LogP contribution in [0.5, 0.6) is 0 Å². The number of rotatable bonds is 34. The molecule has 0 saturated heterocycles. The van der Waals surface area contributed by atoms with E-state index >= 15 is 0 Å². The second-order valence-corrected chi connectivity index (χ2v) is 18.2. The number of hydrogen-bond acceptors (Lipinski definition) is 0. The normalized spacial score (nSPS) is 12.9. The molecule has 0 unspecified atom stereocenters. The van der Waals surface area contributed by atoms with Crippen LogP contribution < -0.4 is 0 Å². The van der Waals surface area contributed by atoms with Crippen LogP contribution in [0.25, 0.3) is 16.9 Å². The maximum Gasteiger partial charge on any atom is 0.223 e. The van der Waals surface area contributed by atoms with E-state index in [-0.39, 0.29) is 0 Å². The zero-order chi connectivity index (χ0) is 42.3. The molecule has 328 valence electrons. The number of nitrogens with zero attached hydrogens (tertiary/aromatic N) is 2. The average Bonchev–Trinajstić information content (AvgIpc) is 3.52. The van der Waals surface area contributed by atoms with Crippen molar-refractivity contribution in [3.63, 3.8) is 0 Å². The van der Waals surface area contributed by atoms with Crippen molar-refractivity contribution in [2.75, 3.05) is 0 Å². The Morgan fingerprint density at radius 3 is 1.14 bits per heavy atom. The van der Waals surface area contributed by atoms with Crippen LogP contribution in [0.4, 0.5) is 0 Å². The fourth-order valence-corrected chi connectivity index (χ4v) is 8.93. The summed E-state index contributed by atoms with van der Waals surface area (Å²) in [7, 11) is 0. The summed E-state index contributed by atoms with van der Waals surface area (Å²) >= 11 is 0. The van der Waals surface area contributed by atoms with Gasteiger partial charge in [-0.3, -0.25) is 0 Å². The number of unbranched alkanes of at least 4 members (excludes halogenated alkanes) is 22. The van der Waals surface area contributed by atoms with Crippen LogP contribution in [-0.2, 0) is 25.7 Å². The monoisotopic (exact) mass is 803 g/mol. The molecule has 0 radical (unpaired) electrons. The number of hydrogen-bond donors (Lipinski definition) is 0. The molecule has 0 N–H and O–H groups in total. The van der Waals surface area contributed by atoms with Gasteiger partial charge in [-0.2, -0.15) is 0 Å². The molecule has 0 aromatic heterocycles. The fourth-order valence-electron chi connectivity index (χ4n) is 8.93. The van der Waals surface area contributed by atoms with Crippen molar-refractivity contribution < 1.29 is 4.70 Å². The van der Waals surface area contributed by atoms with Crippen molar-refractivity contribution in [3.05, 3.63) is 86.5 Å². The Morgan fingerprint density at radius 1 is 0.373 bits per heavy atom. The van der Waals surface area contributed by atoms with Crippen molar-refractivity contribution in [1.82, 2.24) is 0 Å². The molecule has 0 aliphatic carbocycles. The topological polar surface area (TPSA) is 25.3 Å². The Labute approximate surface area is 366 Å². The molecule has 0 saturated carbocycles. The molecule has 1 heterocycles. The number of benzene rings is 2. The van der Waals surface area contributed by atoms with Crippen LogP contribution >= 0.6 is 0 Å². The minimum atomic E-state index is 0.914. The summed E-state index contributed by atoms with van der Waals surface area (Å²) in [5, 5.41) is 0. The molecule has 0 spiro atoms. The number of aryl methyl sites for hydroxylation is 4. The molecule has 3 rings (SSSR count). The lowest BCUT2D eigenvalue weighted by Crippen LogP contribution is -2.05. The summed E-state index contributed by atoms with van der Waals surface area (Å²) in [5.41, 5.74) is 24.7. The quantitative estimate of drug-likeness (QED) is 0.0383. The summed E-state index contributed by atoms with van der Waals surface area (Å²) in [5.74, 6) is 7.46. The second-order valence-electron chi connectivity index (χ2n) is 18.2. The molecule has 59 heavy (non-hydrogen) atoms. The second kappa shape index (κ2) is 31.9. The van der Waals surface area contributed by atoms with Gasteiger partial charge in [0.05, 0.1) is 0 Å². The van der Waals surface area contributed by atoms with Crippen LogP contribution in [0.15, 0.2) is 47.5 Å². The summed E-state index contributed by atoms with van der Waals surface area (Å²) in [4.78, 5) is 0. The first kappa shape index (κ1) is 50.4. The fraction of sp³-hybridized carbons (Fsp3) is 0.684. The third kappa shape index (κ3) is 19.1. The van der Waals surface area contributed by atoms with E-state index in [4.69, 9.17) is 0 Å². The molecule has 0 atom stereocenters. The highest BCUT2D eigenvalue weighted by Crippen LogP contribution is 2.43. The van der Waals surface area contributed by atoms with Gasteiger partial charge in [0.25, 0.3) is 0 Å². The Morgan fingerprint density at radius 2 is 0.712 bits per heavy atom. The van der Waals surface area contributed by atoms with Crippen molar-refractivity contribution in [1.29, 1.82) is 0 Å². The SMILES string of the molecule is CCCCCCCCCCCCCCCCCC#CC1=C(c2cc(CCCC)cc(CCCCC)c2)[N+](=[N-])C(c2cc(CCCC)cc(CCCCC)c2)=C1CCCC. The smallest absolute Gasteiger partial charge is 0.223 e. The first-order chi connectivity index (χ1) is 29.0. The largest absolute Gasteiger partial charge is 0.493 e. The first-order valence-electron chi connectivity index (χ1n) is 25.7. The molecule has 2 aromatic rings. The van der Waals surface area contributed by atoms with Gasteiger partial charge < -0.3 is 5.53 Å². The zero-order valence-electron chi connectivity index (χ0n) is 39.7. The molecule has 2 nitrogen and oxygen atoms in total. The average molecular weight is 803 g/mol. The third-order valence-corrected chi connectivity index (χ3v) is 12.6. The van der Waals surface area contributed by atoms with Gasteiger partial charge in [-0.25, -0.2) is 4.70 Å². The van der Waals surface area contributed by atoms with Crippen LogP contribution in [-0.4, -0.2) is 4.70 Å². The Hall–Kier alpha value is -2.92. The Bertz CT molecular complexity index is 1590. The van der Waals surface area contributed by atoms with Crippen molar-refractivity contribution in [2.45, 2.75) is 253 Å². The highest BCUT2D eigenvalue weighted by atomic mass is 15.2. The highest BCUT2D eigenvalue weighted by Gasteiger charge is 2.35. The van der Waals surface area contributed by atoms with Crippen LogP contribution in [0.1, 0.15) is 261 Å². The van der Waals surface area contributed by atoms with E-state index in [1.807, 2.05) is 0 Å². The minimum Gasteiger partial charge on any atom is -0.493 e. The molecular weight excluding hydrogens is 713 g/mol. The number of allylic oxidation sites excluding steroid dienone is 2. The lowest BCUT2D eigenvalue weighted by Gasteiger charge is -2.14. The van der Waals surface area contributed by atoms with Gasteiger partial charge in [0.15, 0.2) is 0 Å². The van der Waals surface area contributed by atoms with Crippen LogP contribution in [0, 0.1) is 11.8 Å². The first-order valence-corrected chi connectivity index (χ1v) is 25.7. The van der Waals surface area contributed by atoms with E-state index in [2.05, 4.69) is 89.8 Å². The van der Waals surface area contributed by atoms with Gasteiger partial charge in [-0.05, 0) is 117 Å². The standard InChI is InChI=1S/C57H90N2/c1-7-13-19-20-21-22-23-24-25-26-27-28-29-30-31-32-35-41-55-54(40-18-12-6)56(52-44-48(36-16-10-4)42-50(46-52)38-33-14-8-2)59(58)57(55)53-45-49(37-17-11-5)43-51(47-53)39-34-15-9-3/h42-47H,7-34,36-40H2,1-6H3. The molecule has 0 amide bonds. The van der Waals surface area contributed by atoms with E-state index in [0.29, 0.717) is 0 Å². The third-order valence-electron chi connectivity index (χ3n) is 12.6. The molecule has 0 fully saturated rings. The van der Waals surface area contributed by atoms with E-state index in [1.54, 1.807) is 4.70 Å². The maximum absolute atomic E-state index is 12.6. The van der Waals surface area contributed by atoms with Gasteiger partial charge >= 0.3 is 0 Å². The van der Waals surface area contributed by atoms with Gasteiger partial charge in [0, 0.05) is 23.1 Å². The molecule has 1 aliphatic rings. The predicted octanol–water partition coefficient (Wildman–Crippen LogP) is 18.5. The van der Waals surface area contributed by atoms with Crippen molar-refractivity contribution in [2.24, 2.45) is 0 Å². The van der Waals surface area contributed by atoms with E-state index in [0.717, 1.165) is 80.3 Å². The molecule has 1 aliphatic heterocycles. The molecular formula is C57H90N2. The van der Waals surface area contributed by atoms with Gasteiger partial charge in [0.2, 0.25) is 11.4 Å². The zero-order valence-corrected chi connectivity index (χ0v) is 39.7. The van der Waals surface area contributed by atoms with Gasteiger partial charge in [-0.1, -0.05) is 200 Å². The van der Waals surface area contributed by atoms with Gasteiger partial charge in [0.1, 0.15) is 5.57 Å². The van der Waals surface area contributed by atoms with E-state index in [9.17, 15) is 5.53 Å². The summed E-state index contributed by atoms with van der Waals surface area (Å²) < 4.78 is 1.59. The predicted molar refractivity (Wildman–Crippen MR) is 261 cm³/mol. The Kier molecular flexibility index (Phi) is 27.3. The van der Waals surface area contributed by atoms with Crippen molar-refractivity contribution in [3.8, 4) is 11.8 Å². The maximum atomic E-state index is 12.6. The Balaban J connectivity index is 1.89. The van der Waals surface area contributed by atoms with Crippen molar-refractivity contribution >= 4 is 11.4 Å². The highest BCUT2D eigenvalue weighted by molar-refractivity contribution is 5.86. The summed E-state index contributed by atoms with van der Waals surface area (Å²) in [6.45, 7) is 13.7. The molecule has 2 aromatic carbocycles. The van der Waals surface area contributed by atoms with Crippen LogP contribution in [0.2, 0.25) is 0 Å². The van der Waals surface area contributed by atoms with E-state index in [1.165, 1.54) is 187 Å². The van der Waals surface area contributed by atoms with Gasteiger partial charge in [-0.15, -0.1) is 0 Å². The molecule has 2 heteroatoms. The summed E-state index contributed by atoms with van der Waals surface area (Å²) in [6.07, 6.45) is 41.2.